The van der Waals surface area contributed by atoms with Gasteiger partial charge in [0.05, 0.1) is 21.6 Å². The molecule has 140 valence electrons. The summed E-state index contributed by atoms with van der Waals surface area (Å²) in [7, 11) is 0. The zero-order valence-corrected chi connectivity index (χ0v) is 16.8. The van der Waals surface area contributed by atoms with Crippen molar-refractivity contribution in [1.82, 2.24) is 4.90 Å². The van der Waals surface area contributed by atoms with Crippen LogP contribution in [-0.2, 0) is 9.59 Å². The fraction of sp³-hybridized carbons (Fsp3) is 0.278. The van der Waals surface area contributed by atoms with E-state index in [-0.39, 0.29) is 24.7 Å². The Hall–Kier alpha value is -1.97. The van der Waals surface area contributed by atoms with Gasteiger partial charge in [-0.15, -0.1) is 11.8 Å². The van der Waals surface area contributed by atoms with E-state index in [9.17, 15) is 14.4 Å². The molecule has 6 nitrogen and oxygen atoms in total. The lowest BCUT2D eigenvalue weighted by Crippen LogP contribution is -2.30. The maximum Gasteiger partial charge on any atom is 0.303 e. The highest BCUT2D eigenvalue weighted by Gasteiger charge is 2.36. The molecule has 1 aromatic rings. The fourth-order valence-electron chi connectivity index (χ4n) is 2.81. The maximum absolute atomic E-state index is 12.9. The number of rotatable bonds is 5. The molecule has 0 radical (unpaired) electrons. The van der Waals surface area contributed by atoms with Crippen LogP contribution in [0, 0.1) is 5.92 Å². The van der Waals surface area contributed by atoms with E-state index in [0.717, 1.165) is 11.8 Å². The number of fused-ring (bicyclic) bond motifs is 1. The van der Waals surface area contributed by atoms with Crippen LogP contribution in [0.1, 0.15) is 23.2 Å². The highest BCUT2D eigenvalue weighted by molar-refractivity contribution is 8.26. The van der Waals surface area contributed by atoms with Gasteiger partial charge in [0.2, 0.25) is 0 Å². The van der Waals surface area contributed by atoms with Gasteiger partial charge in [-0.1, -0.05) is 36.1 Å². The molecule has 2 aliphatic rings. The van der Waals surface area contributed by atoms with Crippen molar-refractivity contribution in [3.63, 3.8) is 0 Å². The van der Waals surface area contributed by atoms with Gasteiger partial charge in [-0.05, 0) is 30.9 Å². The number of thioether (sulfide) groups is 2. The Morgan fingerprint density at radius 3 is 2.85 bits per heavy atom. The number of amides is 1. The van der Waals surface area contributed by atoms with Crippen molar-refractivity contribution in [2.75, 3.05) is 12.8 Å². The molecular weight excluding hydrogens is 404 g/mol. The van der Waals surface area contributed by atoms with Crippen LogP contribution in [-0.4, -0.2) is 49.8 Å². The molecular formula is C18H16N2O4S3. The summed E-state index contributed by atoms with van der Waals surface area (Å²) in [6.07, 6.45) is 3.77. The third kappa shape index (κ3) is 4.15. The molecule has 1 saturated heterocycles. The number of hydrogen-bond acceptors (Lipinski definition) is 7. The number of Topliss-reactive ketones (excluding diaryl/α,β-unsaturated/α-hetero) is 1. The minimum atomic E-state index is -0.914. The Kier molecular flexibility index (Phi) is 6.13. The Morgan fingerprint density at radius 2 is 2.15 bits per heavy atom. The van der Waals surface area contributed by atoms with Crippen LogP contribution in [0.15, 0.2) is 40.2 Å². The van der Waals surface area contributed by atoms with E-state index in [0.29, 0.717) is 31.9 Å². The molecule has 1 amide bonds. The first-order valence-corrected chi connectivity index (χ1v) is 10.6. The second-order valence-corrected chi connectivity index (χ2v) is 8.37. The fourth-order valence-corrected chi connectivity index (χ4v) is 4.75. The van der Waals surface area contributed by atoms with Gasteiger partial charge in [-0.25, -0.2) is 4.99 Å². The zero-order chi connectivity index (χ0) is 19.6. The van der Waals surface area contributed by atoms with Crippen LogP contribution in [0.25, 0.3) is 0 Å². The van der Waals surface area contributed by atoms with Crippen LogP contribution in [0.5, 0.6) is 0 Å². The largest absolute Gasteiger partial charge is 0.481 e. The number of allylic oxidation sites excluding steroid dienone is 1. The number of aliphatic carboxylic acids is 1. The lowest BCUT2D eigenvalue weighted by molar-refractivity contribution is -0.137. The van der Waals surface area contributed by atoms with E-state index < -0.39 is 11.9 Å². The van der Waals surface area contributed by atoms with Crippen molar-refractivity contribution in [1.29, 1.82) is 0 Å². The second kappa shape index (κ2) is 8.37. The topological polar surface area (TPSA) is 87.0 Å². The number of thiocarbonyl (C=S) groups is 1. The van der Waals surface area contributed by atoms with Gasteiger partial charge in [0.25, 0.3) is 5.91 Å². The molecule has 1 aromatic carbocycles. The van der Waals surface area contributed by atoms with Gasteiger partial charge in [-0.2, -0.15) is 0 Å². The summed E-state index contributed by atoms with van der Waals surface area (Å²) in [5.41, 5.74) is 1.17. The molecule has 0 saturated carbocycles. The minimum absolute atomic E-state index is 0.0305. The minimum Gasteiger partial charge on any atom is -0.481 e. The number of hydrogen-bond donors (Lipinski definition) is 1. The van der Waals surface area contributed by atoms with Crippen molar-refractivity contribution >= 4 is 68.5 Å². The summed E-state index contributed by atoms with van der Waals surface area (Å²) in [4.78, 5) is 42.6. The maximum atomic E-state index is 12.9. The van der Waals surface area contributed by atoms with E-state index in [1.807, 2.05) is 12.3 Å². The molecule has 1 atom stereocenters. The lowest BCUT2D eigenvalue weighted by atomic mass is 9.94. The number of aliphatic imine (C=N–C) groups is 1. The summed E-state index contributed by atoms with van der Waals surface area (Å²) < 4.78 is 0.378. The predicted molar refractivity (Wildman–Crippen MR) is 112 cm³/mol. The van der Waals surface area contributed by atoms with E-state index in [4.69, 9.17) is 17.3 Å². The average Bonchev–Trinajstić information content (AvgIpc) is 2.91. The number of para-hydroxylation sites is 1. The third-order valence-corrected chi connectivity index (χ3v) is 6.28. The van der Waals surface area contributed by atoms with Crippen LogP contribution < -0.4 is 0 Å². The monoisotopic (exact) mass is 420 g/mol. The molecule has 0 bridgehead atoms. The van der Waals surface area contributed by atoms with E-state index in [1.54, 1.807) is 24.3 Å². The van der Waals surface area contributed by atoms with Gasteiger partial charge in [0.1, 0.15) is 4.32 Å². The number of nitrogens with zero attached hydrogens (tertiary/aromatic N) is 2. The van der Waals surface area contributed by atoms with E-state index in [2.05, 4.69) is 4.99 Å². The summed E-state index contributed by atoms with van der Waals surface area (Å²) in [5.74, 6) is -1.92. The smallest absolute Gasteiger partial charge is 0.303 e. The SMILES string of the molecule is CSC1=Nc2ccccc2C(=O)C1C=C1SC(=S)N(CCCC(=O)O)C1=O. The molecule has 1 unspecified atom stereocenters. The number of carboxylic acid groups (broad SMARTS) is 1. The number of benzene rings is 1. The number of carbonyl (C=O) groups is 3. The molecule has 0 aromatic heterocycles. The summed E-state index contributed by atoms with van der Waals surface area (Å²) >= 11 is 7.76. The van der Waals surface area contributed by atoms with Gasteiger partial charge in [0.15, 0.2) is 5.78 Å². The number of ketones is 1. The van der Waals surface area contributed by atoms with Gasteiger partial charge in [0, 0.05) is 18.5 Å². The van der Waals surface area contributed by atoms with Crippen molar-refractivity contribution in [2.24, 2.45) is 10.9 Å². The van der Waals surface area contributed by atoms with Gasteiger partial charge >= 0.3 is 5.97 Å². The van der Waals surface area contributed by atoms with Crippen LogP contribution in [0.2, 0.25) is 0 Å². The summed E-state index contributed by atoms with van der Waals surface area (Å²) in [5, 5.41) is 9.38. The zero-order valence-electron chi connectivity index (χ0n) is 14.4. The van der Waals surface area contributed by atoms with Crippen LogP contribution in [0.4, 0.5) is 5.69 Å². The quantitative estimate of drug-likeness (QED) is 0.576. The first kappa shape index (κ1) is 19.8. The Morgan fingerprint density at radius 1 is 1.41 bits per heavy atom. The molecule has 27 heavy (non-hydrogen) atoms. The first-order valence-electron chi connectivity index (χ1n) is 8.15. The van der Waals surface area contributed by atoms with Crippen molar-refractivity contribution < 1.29 is 19.5 Å². The Bertz CT molecular complexity index is 894. The van der Waals surface area contributed by atoms with Crippen LogP contribution in [0.3, 0.4) is 0 Å². The summed E-state index contributed by atoms with van der Waals surface area (Å²) in [6.45, 7) is 0.249. The van der Waals surface area contributed by atoms with Gasteiger partial charge in [-0.3, -0.25) is 19.3 Å². The molecule has 3 rings (SSSR count). The van der Waals surface area contributed by atoms with E-state index >= 15 is 0 Å². The number of carbonyl (C=O) groups excluding carboxylic acids is 2. The summed E-state index contributed by atoms with van der Waals surface area (Å²) in [6, 6.07) is 7.14. The molecule has 2 heterocycles. The predicted octanol–water partition coefficient (Wildman–Crippen LogP) is 3.50. The highest BCUT2D eigenvalue weighted by atomic mass is 32.2. The van der Waals surface area contributed by atoms with Crippen molar-refractivity contribution in [3.05, 3.63) is 40.8 Å². The first-order chi connectivity index (χ1) is 12.9. The third-order valence-electron chi connectivity index (χ3n) is 4.12. The molecule has 0 spiro atoms. The Labute approximate surface area is 170 Å². The Balaban J connectivity index is 1.84. The molecule has 1 N–H and O–H groups in total. The second-order valence-electron chi connectivity index (χ2n) is 5.87. The normalized spacial score (nSPS) is 20.9. The molecule has 0 aliphatic carbocycles. The van der Waals surface area contributed by atoms with E-state index in [1.165, 1.54) is 16.7 Å². The van der Waals surface area contributed by atoms with Gasteiger partial charge < -0.3 is 5.11 Å². The molecule has 2 aliphatic heterocycles. The number of carboxylic acids is 1. The van der Waals surface area contributed by atoms with Crippen LogP contribution >= 0.6 is 35.7 Å². The molecule has 9 heteroatoms. The molecule has 1 fully saturated rings. The lowest BCUT2D eigenvalue weighted by Gasteiger charge is -2.20. The van der Waals surface area contributed by atoms with Crippen molar-refractivity contribution in [3.8, 4) is 0 Å². The standard InChI is InChI=1S/C18H16N2O4S3/c1-26-16-11(15(23)10-5-2-3-6-12(10)19-16)9-13-17(24)20(18(25)27-13)8-4-7-14(21)22/h2-3,5-6,9,11H,4,7-8H2,1H3,(H,21,22). The average molecular weight is 421 g/mol. The highest BCUT2D eigenvalue weighted by Crippen LogP contribution is 2.37. The van der Waals surface area contributed by atoms with Crippen molar-refractivity contribution in [2.45, 2.75) is 12.8 Å².